The number of aliphatic hydroxyl groups excluding tert-OH is 1. The molecule has 1 N–H and O–H groups in total. The first-order chi connectivity index (χ1) is 14.3. The monoisotopic (exact) mass is 390 g/mol. The van der Waals surface area contributed by atoms with Crippen LogP contribution in [0.25, 0.3) is 0 Å². The van der Waals surface area contributed by atoms with E-state index in [4.69, 9.17) is 14.2 Å². The molecule has 2 unspecified atom stereocenters. The van der Waals surface area contributed by atoms with Crippen LogP contribution in [0.3, 0.4) is 0 Å². The number of ether oxygens (including phenoxy) is 3. The smallest absolute Gasteiger partial charge is 0.123 e. The van der Waals surface area contributed by atoms with E-state index in [0.29, 0.717) is 32.7 Å². The van der Waals surface area contributed by atoms with E-state index in [1.165, 1.54) is 0 Å². The van der Waals surface area contributed by atoms with Gasteiger partial charge in [-0.05, 0) is 35.2 Å². The summed E-state index contributed by atoms with van der Waals surface area (Å²) in [5.74, 6) is 1.47. The lowest BCUT2D eigenvalue weighted by molar-refractivity contribution is -0.0449. The number of aliphatic hydroxyl groups is 1. The van der Waals surface area contributed by atoms with Crippen molar-refractivity contribution in [3.8, 4) is 11.5 Å². The predicted octanol–water partition coefficient (Wildman–Crippen LogP) is 5.06. The third-order valence-corrected chi connectivity index (χ3v) is 5.03. The summed E-state index contributed by atoms with van der Waals surface area (Å²) in [5, 5.41) is 10.0. The minimum Gasteiger partial charge on any atom is -0.489 e. The Morgan fingerprint density at radius 1 is 0.793 bits per heavy atom. The first-order valence-electron chi connectivity index (χ1n) is 10.0. The lowest BCUT2D eigenvalue weighted by atomic mass is 9.99. The van der Waals surface area contributed by atoms with Gasteiger partial charge in [0.15, 0.2) is 0 Å². The van der Waals surface area contributed by atoms with Crippen LogP contribution in [-0.2, 0) is 18.0 Å². The summed E-state index contributed by atoms with van der Waals surface area (Å²) in [6.45, 7) is 1.52. The Kier molecular flexibility index (Phi) is 6.45. The molecule has 29 heavy (non-hydrogen) atoms. The minimum absolute atomic E-state index is 0.155. The van der Waals surface area contributed by atoms with Gasteiger partial charge in [-0.3, -0.25) is 0 Å². The van der Waals surface area contributed by atoms with Crippen molar-refractivity contribution < 1.29 is 19.3 Å². The fourth-order valence-electron chi connectivity index (χ4n) is 3.44. The molecule has 3 aromatic carbocycles. The Labute approximate surface area is 171 Å². The molecule has 4 rings (SSSR count). The first-order valence-corrected chi connectivity index (χ1v) is 10.0. The molecule has 4 nitrogen and oxygen atoms in total. The highest BCUT2D eigenvalue weighted by molar-refractivity contribution is 5.40. The molecule has 0 saturated carbocycles. The van der Waals surface area contributed by atoms with Gasteiger partial charge in [0.1, 0.15) is 24.7 Å². The van der Waals surface area contributed by atoms with Crippen LogP contribution < -0.4 is 9.47 Å². The van der Waals surface area contributed by atoms with Gasteiger partial charge < -0.3 is 19.3 Å². The summed E-state index contributed by atoms with van der Waals surface area (Å²) >= 11 is 0. The van der Waals surface area contributed by atoms with Gasteiger partial charge in [0, 0.05) is 19.1 Å². The van der Waals surface area contributed by atoms with Crippen LogP contribution in [0.2, 0.25) is 0 Å². The van der Waals surface area contributed by atoms with Gasteiger partial charge in [0.2, 0.25) is 0 Å². The minimum atomic E-state index is -0.337. The van der Waals surface area contributed by atoms with Gasteiger partial charge in [0.05, 0.1) is 12.2 Å². The second-order valence-electron chi connectivity index (χ2n) is 7.32. The Bertz CT molecular complexity index is 833. The molecule has 0 spiro atoms. The zero-order chi connectivity index (χ0) is 19.9. The van der Waals surface area contributed by atoms with Gasteiger partial charge in [-0.25, -0.2) is 0 Å². The Hall–Kier alpha value is -2.82. The molecule has 1 fully saturated rings. The summed E-state index contributed by atoms with van der Waals surface area (Å²) in [6, 6.07) is 26.0. The maximum atomic E-state index is 10.0. The van der Waals surface area contributed by atoms with Gasteiger partial charge in [-0.1, -0.05) is 60.7 Å². The fraction of sp³-hybridized carbons (Fsp3) is 0.280. The molecule has 0 bridgehead atoms. The van der Waals surface area contributed by atoms with Crippen LogP contribution in [0.15, 0.2) is 78.9 Å². The van der Waals surface area contributed by atoms with Crippen LogP contribution in [-0.4, -0.2) is 17.8 Å². The van der Waals surface area contributed by atoms with Crippen LogP contribution in [0.1, 0.15) is 35.6 Å². The quantitative estimate of drug-likeness (QED) is 0.613. The average molecular weight is 390 g/mol. The second-order valence-corrected chi connectivity index (χ2v) is 7.32. The van der Waals surface area contributed by atoms with Crippen molar-refractivity contribution >= 4 is 0 Å². The van der Waals surface area contributed by atoms with E-state index >= 15 is 0 Å². The molecule has 3 aromatic rings. The number of rotatable bonds is 7. The number of hydrogen-bond acceptors (Lipinski definition) is 4. The molecule has 1 aliphatic rings. The largest absolute Gasteiger partial charge is 0.489 e. The zero-order valence-corrected chi connectivity index (χ0v) is 16.4. The third-order valence-electron chi connectivity index (χ3n) is 5.03. The van der Waals surface area contributed by atoms with Crippen molar-refractivity contribution in [2.24, 2.45) is 0 Å². The molecule has 1 saturated heterocycles. The van der Waals surface area contributed by atoms with E-state index in [1.807, 2.05) is 78.9 Å². The lowest BCUT2D eigenvalue weighted by Crippen LogP contribution is -2.23. The van der Waals surface area contributed by atoms with Crippen LogP contribution in [0, 0.1) is 0 Å². The fourth-order valence-corrected chi connectivity index (χ4v) is 3.44. The van der Waals surface area contributed by atoms with E-state index in [-0.39, 0.29) is 12.2 Å². The normalized spacial score (nSPS) is 18.9. The maximum Gasteiger partial charge on any atom is 0.123 e. The molecule has 0 aliphatic carbocycles. The summed E-state index contributed by atoms with van der Waals surface area (Å²) in [4.78, 5) is 0. The van der Waals surface area contributed by atoms with E-state index < -0.39 is 0 Å². The third kappa shape index (κ3) is 5.59. The summed E-state index contributed by atoms with van der Waals surface area (Å²) in [5.41, 5.74) is 3.18. The van der Waals surface area contributed by atoms with E-state index in [9.17, 15) is 5.11 Å². The Morgan fingerprint density at radius 3 is 1.86 bits per heavy atom. The molecule has 0 aromatic heterocycles. The lowest BCUT2D eigenvalue weighted by Gasteiger charge is -2.27. The van der Waals surface area contributed by atoms with Crippen molar-refractivity contribution in [3.63, 3.8) is 0 Å². The summed E-state index contributed by atoms with van der Waals surface area (Å²) in [7, 11) is 0. The van der Waals surface area contributed by atoms with Gasteiger partial charge >= 0.3 is 0 Å². The highest BCUT2D eigenvalue weighted by Crippen LogP contribution is 2.34. The summed E-state index contributed by atoms with van der Waals surface area (Å²) < 4.78 is 18.0. The van der Waals surface area contributed by atoms with Crippen LogP contribution in [0.5, 0.6) is 11.5 Å². The van der Waals surface area contributed by atoms with Crippen molar-refractivity contribution in [2.45, 2.75) is 38.3 Å². The average Bonchev–Trinajstić information content (AvgIpc) is 2.78. The van der Waals surface area contributed by atoms with Crippen LogP contribution in [0.4, 0.5) is 0 Å². The molecule has 2 atom stereocenters. The molecule has 4 heteroatoms. The molecular formula is C25H26O4. The highest BCUT2D eigenvalue weighted by Gasteiger charge is 2.23. The van der Waals surface area contributed by atoms with E-state index in [2.05, 4.69) is 0 Å². The maximum absolute atomic E-state index is 10.0. The van der Waals surface area contributed by atoms with Gasteiger partial charge in [0.25, 0.3) is 0 Å². The van der Waals surface area contributed by atoms with E-state index in [1.54, 1.807) is 0 Å². The molecule has 0 radical (unpaired) electrons. The molecule has 0 amide bonds. The molecule has 150 valence electrons. The van der Waals surface area contributed by atoms with Crippen molar-refractivity contribution in [3.05, 3.63) is 95.6 Å². The predicted molar refractivity (Wildman–Crippen MR) is 112 cm³/mol. The van der Waals surface area contributed by atoms with Crippen molar-refractivity contribution in [2.75, 3.05) is 6.61 Å². The Balaban J connectivity index is 1.52. The number of hydrogen-bond donors (Lipinski definition) is 1. The Morgan fingerprint density at radius 2 is 1.34 bits per heavy atom. The van der Waals surface area contributed by atoms with Gasteiger partial charge in [-0.15, -0.1) is 0 Å². The zero-order valence-electron chi connectivity index (χ0n) is 16.4. The molecule has 1 heterocycles. The van der Waals surface area contributed by atoms with Crippen LogP contribution >= 0.6 is 0 Å². The highest BCUT2D eigenvalue weighted by atomic mass is 16.5. The second kappa shape index (κ2) is 9.59. The summed E-state index contributed by atoms with van der Waals surface area (Å²) in [6.07, 6.45) is 0.771. The van der Waals surface area contributed by atoms with Crippen molar-refractivity contribution in [1.82, 2.24) is 0 Å². The standard InChI is InChI=1S/C25H26O4/c26-22-11-12-27-25(15-22)21-13-23(28-17-19-7-3-1-4-8-19)16-24(14-21)29-18-20-9-5-2-6-10-20/h1-10,13-14,16,22,25-26H,11-12,15,17-18H2. The molecular weight excluding hydrogens is 364 g/mol. The number of benzene rings is 3. The van der Waals surface area contributed by atoms with Crippen molar-refractivity contribution in [1.29, 1.82) is 0 Å². The SMILES string of the molecule is OC1CCOC(c2cc(OCc3ccccc3)cc(OCc3ccccc3)c2)C1. The molecule has 1 aliphatic heterocycles. The first kappa shape index (κ1) is 19.5. The van der Waals surface area contributed by atoms with Gasteiger partial charge in [-0.2, -0.15) is 0 Å². The van der Waals surface area contributed by atoms with E-state index in [0.717, 1.165) is 28.2 Å². The topological polar surface area (TPSA) is 47.9 Å².